The molecular weight excluding hydrogens is 192 g/mol. The third-order valence-electron chi connectivity index (χ3n) is 2.99. The smallest absolute Gasteiger partial charge is 0.174 e. The van der Waals surface area contributed by atoms with Crippen molar-refractivity contribution in [3.63, 3.8) is 0 Å². The summed E-state index contributed by atoms with van der Waals surface area (Å²) in [7, 11) is 3.29. The summed E-state index contributed by atoms with van der Waals surface area (Å²) in [6.45, 7) is 4.05. The van der Waals surface area contributed by atoms with Crippen LogP contribution in [0.2, 0.25) is 0 Å². The Morgan fingerprint density at radius 3 is 2.47 bits per heavy atom. The fourth-order valence-electron chi connectivity index (χ4n) is 2.18. The molecule has 1 atom stereocenters. The molecule has 1 unspecified atom stereocenters. The van der Waals surface area contributed by atoms with Gasteiger partial charge in [-0.2, -0.15) is 0 Å². The highest BCUT2D eigenvalue weighted by Gasteiger charge is 2.42. The maximum absolute atomic E-state index is 11.4. The van der Waals surface area contributed by atoms with E-state index in [0.717, 1.165) is 0 Å². The molecule has 1 aliphatic rings. The van der Waals surface area contributed by atoms with Gasteiger partial charge in [0.1, 0.15) is 5.78 Å². The second-order valence-electron chi connectivity index (χ2n) is 4.31. The number of allylic oxidation sites excluding steroid dienone is 1. The molecule has 86 valence electrons. The summed E-state index contributed by atoms with van der Waals surface area (Å²) in [4.78, 5) is 11.4. The van der Waals surface area contributed by atoms with Crippen molar-refractivity contribution in [2.75, 3.05) is 14.2 Å². The van der Waals surface area contributed by atoms with Gasteiger partial charge in [-0.1, -0.05) is 11.6 Å². The predicted octanol–water partition coefficient (Wildman–Crippen LogP) is 2.31. The standard InChI is InChI=1S/C12H20O3/c1-9(2)7-10-8-11(13)5-6-12(10,14-3)15-4/h7,10H,5-6,8H2,1-4H3. The van der Waals surface area contributed by atoms with E-state index in [2.05, 4.69) is 6.08 Å². The SMILES string of the molecule is COC1(OC)CCC(=O)CC1C=C(C)C. The molecule has 0 aromatic rings. The summed E-state index contributed by atoms with van der Waals surface area (Å²) in [5.41, 5.74) is 1.19. The maximum Gasteiger partial charge on any atom is 0.174 e. The Morgan fingerprint density at radius 1 is 1.40 bits per heavy atom. The van der Waals surface area contributed by atoms with Crippen molar-refractivity contribution in [3.05, 3.63) is 11.6 Å². The molecule has 0 radical (unpaired) electrons. The molecule has 3 nitrogen and oxygen atoms in total. The van der Waals surface area contributed by atoms with Crippen LogP contribution in [0.4, 0.5) is 0 Å². The monoisotopic (exact) mass is 212 g/mol. The third kappa shape index (κ3) is 2.67. The first-order chi connectivity index (χ1) is 7.04. The molecule has 0 aliphatic heterocycles. The number of hydrogen-bond donors (Lipinski definition) is 0. The minimum absolute atomic E-state index is 0.0405. The normalized spacial score (nSPS) is 25.1. The Bertz CT molecular complexity index is 260. The molecule has 0 heterocycles. The van der Waals surface area contributed by atoms with Crippen molar-refractivity contribution >= 4 is 5.78 Å². The molecule has 15 heavy (non-hydrogen) atoms. The minimum atomic E-state index is -0.606. The number of hydrogen-bond acceptors (Lipinski definition) is 3. The van der Waals surface area contributed by atoms with Crippen LogP contribution in [0.15, 0.2) is 11.6 Å². The van der Waals surface area contributed by atoms with Gasteiger partial charge in [0.25, 0.3) is 0 Å². The minimum Gasteiger partial charge on any atom is -0.353 e. The van der Waals surface area contributed by atoms with E-state index in [9.17, 15) is 4.79 Å². The van der Waals surface area contributed by atoms with E-state index in [-0.39, 0.29) is 5.92 Å². The van der Waals surface area contributed by atoms with Crippen molar-refractivity contribution in [3.8, 4) is 0 Å². The Balaban J connectivity index is 2.92. The maximum atomic E-state index is 11.4. The zero-order valence-electron chi connectivity index (χ0n) is 10.0. The molecule has 1 aliphatic carbocycles. The summed E-state index contributed by atoms with van der Waals surface area (Å²) in [5.74, 6) is -0.272. The zero-order valence-corrected chi connectivity index (χ0v) is 10.0. The number of carbonyl (C=O) groups excluding carboxylic acids is 1. The number of ketones is 1. The van der Waals surface area contributed by atoms with Gasteiger partial charge in [-0.05, 0) is 13.8 Å². The zero-order chi connectivity index (χ0) is 11.5. The highest BCUT2D eigenvalue weighted by Crippen LogP contribution is 2.37. The lowest BCUT2D eigenvalue weighted by atomic mass is 9.81. The molecule has 0 amide bonds. The first-order valence-electron chi connectivity index (χ1n) is 5.31. The quantitative estimate of drug-likeness (QED) is 0.532. The topological polar surface area (TPSA) is 35.5 Å². The molecule has 1 rings (SSSR count). The van der Waals surface area contributed by atoms with Gasteiger partial charge in [-0.3, -0.25) is 4.79 Å². The van der Waals surface area contributed by atoms with Crippen LogP contribution >= 0.6 is 0 Å². The molecule has 0 aromatic carbocycles. The Morgan fingerprint density at radius 2 is 2.00 bits per heavy atom. The van der Waals surface area contributed by atoms with Crippen LogP contribution < -0.4 is 0 Å². The van der Waals surface area contributed by atoms with Crippen molar-refractivity contribution in [2.45, 2.75) is 38.9 Å². The molecule has 0 N–H and O–H groups in total. The molecule has 1 saturated carbocycles. The van der Waals surface area contributed by atoms with Crippen molar-refractivity contribution in [2.24, 2.45) is 5.92 Å². The molecule has 0 aromatic heterocycles. The van der Waals surface area contributed by atoms with Gasteiger partial charge in [-0.15, -0.1) is 0 Å². The van der Waals surface area contributed by atoms with Gasteiger partial charge in [0, 0.05) is 39.4 Å². The van der Waals surface area contributed by atoms with Gasteiger partial charge in [0.05, 0.1) is 0 Å². The molecule has 0 saturated heterocycles. The Hall–Kier alpha value is -0.670. The highest BCUT2D eigenvalue weighted by molar-refractivity contribution is 5.80. The number of methoxy groups -OCH3 is 2. The number of carbonyl (C=O) groups is 1. The second-order valence-corrected chi connectivity index (χ2v) is 4.31. The summed E-state index contributed by atoms with van der Waals surface area (Å²) < 4.78 is 10.9. The van der Waals surface area contributed by atoms with Crippen LogP contribution in [0.5, 0.6) is 0 Å². The van der Waals surface area contributed by atoms with Crippen LogP contribution in [0.1, 0.15) is 33.1 Å². The van der Waals surface area contributed by atoms with E-state index in [1.165, 1.54) is 5.57 Å². The lowest BCUT2D eigenvalue weighted by molar-refractivity contribution is -0.241. The van der Waals surface area contributed by atoms with Gasteiger partial charge in [0.2, 0.25) is 0 Å². The number of ether oxygens (including phenoxy) is 2. The van der Waals surface area contributed by atoms with Gasteiger partial charge >= 0.3 is 0 Å². The average molecular weight is 212 g/mol. The van der Waals surface area contributed by atoms with Crippen molar-refractivity contribution in [1.29, 1.82) is 0 Å². The fraction of sp³-hybridized carbons (Fsp3) is 0.750. The van der Waals surface area contributed by atoms with Gasteiger partial charge in [-0.25, -0.2) is 0 Å². The van der Waals surface area contributed by atoms with E-state index >= 15 is 0 Å². The molecule has 1 fully saturated rings. The van der Waals surface area contributed by atoms with Crippen LogP contribution in [0.3, 0.4) is 0 Å². The molecule has 0 bridgehead atoms. The first-order valence-corrected chi connectivity index (χ1v) is 5.31. The summed E-state index contributed by atoms with van der Waals surface area (Å²) in [6.07, 6.45) is 3.79. The van der Waals surface area contributed by atoms with Crippen LogP contribution in [-0.4, -0.2) is 25.8 Å². The van der Waals surface area contributed by atoms with Crippen molar-refractivity contribution < 1.29 is 14.3 Å². The number of Topliss-reactive ketones (excluding diaryl/α,β-unsaturated/α-hetero) is 1. The lowest BCUT2D eigenvalue weighted by Crippen LogP contribution is -2.45. The Labute approximate surface area is 91.4 Å². The van der Waals surface area contributed by atoms with Gasteiger partial charge in [0.15, 0.2) is 5.79 Å². The fourth-order valence-corrected chi connectivity index (χ4v) is 2.18. The van der Waals surface area contributed by atoms with E-state index in [4.69, 9.17) is 9.47 Å². The molecule has 3 heteroatoms. The highest BCUT2D eigenvalue weighted by atomic mass is 16.7. The van der Waals surface area contributed by atoms with Crippen LogP contribution in [-0.2, 0) is 14.3 Å². The van der Waals surface area contributed by atoms with E-state index in [1.807, 2.05) is 13.8 Å². The predicted molar refractivity (Wildman–Crippen MR) is 58.5 cm³/mol. The van der Waals surface area contributed by atoms with E-state index in [0.29, 0.717) is 25.0 Å². The largest absolute Gasteiger partial charge is 0.353 e. The van der Waals surface area contributed by atoms with E-state index in [1.54, 1.807) is 14.2 Å². The van der Waals surface area contributed by atoms with Gasteiger partial charge < -0.3 is 9.47 Å². The second kappa shape index (κ2) is 4.90. The first kappa shape index (κ1) is 12.4. The van der Waals surface area contributed by atoms with Crippen molar-refractivity contribution in [1.82, 2.24) is 0 Å². The Kier molecular flexibility index (Phi) is 4.05. The summed E-state index contributed by atoms with van der Waals surface area (Å²) >= 11 is 0. The third-order valence-corrected chi connectivity index (χ3v) is 2.99. The van der Waals surface area contributed by atoms with Crippen LogP contribution in [0, 0.1) is 5.92 Å². The van der Waals surface area contributed by atoms with E-state index < -0.39 is 5.79 Å². The summed E-state index contributed by atoms with van der Waals surface area (Å²) in [6, 6.07) is 0. The van der Waals surface area contributed by atoms with Crippen LogP contribution in [0.25, 0.3) is 0 Å². The lowest BCUT2D eigenvalue weighted by Gasteiger charge is -2.40. The summed E-state index contributed by atoms with van der Waals surface area (Å²) in [5, 5.41) is 0. The number of rotatable bonds is 3. The molecule has 0 spiro atoms. The molecular formula is C12H20O3. The average Bonchev–Trinajstić information content (AvgIpc) is 2.18.